The Bertz CT molecular complexity index is 914. The third-order valence-corrected chi connectivity index (χ3v) is 3.92. The first-order valence-electron chi connectivity index (χ1n) is 7.39. The van der Waals surface area contributed by atoms with Crippen molar-refractivity contribution < 1.29 is 9.53 Å². The van der Waals surface area contributed by atoms with E-state index in [2.05, 4.69) is 26.3 Å². The molecule has 0 aliphatic heterocycles. The van der Waals surface area contributed by atoms with Gasteiger partial charge in [0.1, 0.15) is 18.2 Å². The molecule has 3 rings (SSSR count). The maximum atomic E-state index is 12.1. The molecule has 124 valence electrons. The molecule has 25 heavy (non-hydrogen) atoms. The van der Waals surface area contributed by atoms with E-state index < -0.39 is 6.09 Å². The first kappa shape index (κ1) is 16.7. The lowest BCUT2D eigenvalue weighted by Crippen LogP contribution is -2.17. The molecule has 1 N–H and O–H groups in total. The van der Waals surface area contributed by atoms with Gasteiger partial charge in [-0.05, 0) is 29.8 Å². The number of ether oxygens (including phenoxy) is 1. The summed E-state index contributed by atoms with van der Waals surface area (Å²) in [5.41, 5.74) is 1.84. The van der Waals surface area contributed by atoms with Crippen molar-refractivity contribution in [2.75, 3.05) is 5.32 Å². The molecule has 0 spiro atoms. The van der Waals surface area contributed by atoms with Crippen molar-refractivity contribution in [3.8, 4) is 11.8 Å². The predicted molar refractivity (Wildman–Crippen MR) is 96.2 cm³/mol. The highest BCUT2D eigenvalue weighted by molar-refractivity contribution is 9.10. The third kappa shape index (κ3) is 4.05. The summed E-state index contributed by atoms with van der Waals surface area (Å²) in [4.78, 5) is 12.1. The Morgan fingerprint density at radius 1 is 1.20 bits per heavy atom. The number of amides is 1. The van der Waals surface area contributed by atoms with E-state index in [1.165, 1.54) is 10.9 Å². The molecule has 0 saturated carbocycles. The van der Waals surface area contributed by atoms with Crippen LogP contribution in [0.15, 0.2) is 65.3 Å². The Morgan fingerprint density at radius 2 is 1.92 bits per heavy atom. The largest absolute Gasteiger partial charge is 0.444 e. The highest BCUT2D eigenvalue weighted by atomic mass is 79.9. The fourth-order valence-electron chi connectivity index (χ4n) is 2.18. The number of nitrogens with zero attached hydrogens (tertiary/aromatic N) is 3. The van der Waals surface area contributed by atoms with Crippen LogP contribution in [0, 0.1) is 11.3 Å². The first-order valence-corrected chi connectivity index (χ1v) is 8.18. The molecule has 0 bridgehead atoms. The summed E-state index contributed by atoms with van der Waals surface area (Å²) >= 11 is 3.37. The number of carbonyl (C=O) groups is 1. The molecule has 1 amide bonds. The number of rotatable bonds is 4. The zero-order valence-electron chi connectivity index (χ0n) is 13.0. The van der Waals surface area contributed by atoms with Gasteiger partial charge in [-0.2, -0.15) is 10.4 Å². The van der Waals surface area contributed by atoms with E-state index in [0.29, 0.717) is 5.69 Å². The van der Waals surface area contributed by atoms with Gasteiger partial charge in [-0.15, -0.1) is 0 Å². The number of nitriles is 1. The van der Waals surface area contributed by atoms with Crippen molar-refractivity contribution in [2.45, 2.75) is 6.61 Å². The molecule has 0 aliphatic rings. The van der Waals surface area contributed by atoms with Gasteiger partial charge >= 0.3 is 6.09 Å². The Hall–Kier alpha value is -3.11. The fraction of sp³-hybridized carbons (Fsp3) is 0.0556. The quantitative estimate of drug-likeness (QED) is 0.714. The lowest BCUT2D eigenvalue weighted by Gasteiger charge is -2.10. The number of hydrogen-bond acceptors (Lipinski definition) is 4. The third-order valence-electron chi connectivity index (χ3n) is 3.39. The molecule has 3 aromatic rings. The summed E-state index contributed by atoms with van der Waals surface area (Å²) in [6, 6.07) is 18.7. The molecule has 1 heterocycles. The number of anilines is 1. The van der Waals surface area contributed by atoms with Crippen LogP contribution in [0.5, 0.6) is 0 Å². The van der Waals surface area contributed by atoms with Crippen molar-refractivity contribution >= 4 is 27.8 Å². The summed E-state index contributed by atoms with van der Waals surface area (Å²) in [6.07, 6.45) is 0.744. The maximum Gasteiger partial charge on any atom is 0.413 e. The minimum atomic E-state index is -0.654. The highest BCUT2D eigenvalue weighted by Gasteiger charge is 2.16. The van der Waals surface area contributed by atoms with Gasteiger partial charge in [-0.3, -0.25) is 5.32 Å². The summed E-state index contributed by atoms with van der Waals surface area (Å²) in [7, 11) is 0. The van der Waals surface area contributed by atoms with Crippen LogP contribution < -0.4 is 5.32 Å². The van der Waals surface area contributed by atoms with E-state index in [1.54, 1.807) is 0 Å². The van der Waals surface area contributed by atoms with Crippen LogP contribution in [-0.2, 0) is 11.3 Å². The second-order valence-corrected chi connectivity index (χ2v) is 6.01. The predicted octanol–water partition coefficient (Wildman–Crippen LogP) is 4.26. The Kier molecular flexibility index (Phi) is 5.11. The number of aromatic nitrogens is 2. The molecule has 6 nitrogen and oxygen atoms in total. The SMILES string of the molecule is N#Cc1cnn(-c2ccc(Br)cc2)c1NC(=O)OCc1ccccc1. The zero-order chi connectivity index (χ0) is 17.6. The van der Waals surface area contributed by atoms with Gasteiger partial charge in [0, 0.05) is 4.47 Å². The molecule has 0 radical (unpaired) electrons. The van der Waals surface area contributed by atoms with Gasteiger partial charge in [0.25, 0.3) is 0 Å². The highest BCUT2D eigenvalue weighted by Crippen LogP contribution is 2.21. The maximum absolute atomic E-state index is 12.1. The molecule has 0 fully saturated rings. The van der Waals surface area contributed by atoms with Gasteiger partial charge in [0.05, 0.1) is 11.9 Å². The van der Waals surface area contributed by atoms with Crippen LogP contribution in [0.3, 0.4) is 0 Å². The van der Waals surface area contributed by atoms with Crippen molar-refractivity contribution in [1.82, 2.24) is 9.78 Å². The van der Waals surface area contributed by atoms with Crippen molar-refractivity contribution in [2.24, 2.45) is 0 Å². The van der Waals surface area contributed by atoms with Gasteiger partial charge in [0.2, 0.25) is 0 Å². The average molecular weight is 397 g/mol. The van der Waals surface area contributed by atoms with E-state index in [4.69, 9.17) is 4.74 Å². The molecule has 0 saturated heterocycles. The smallest absolute Gasteiger partial charge is 0.413 e. The number of benzene rings is 2. The first-order chi connectivity index (χ1) is 12.2. The lowest BCUT2D eigenvalue weighted by molar-refractivity contribution is 0.155. The molecule has 0 unspecified atom stereocenters. The van der Waals surface area contributed by atoms with Gasteiger partial charge in [-0.1, -0.05) is 46.3 Å². The Balaban J connectivity index is 1.77. The fourth-order valence-corrected chi connectivity index (χ4v) is 2.45. The summed E-state index contributed by atoms with van der Waals surface area (Å²) in [5, 5.41) is 16.0. The van der Waals surface area contributed by atoms with Crippen molar-refractivity contribution in [3.63, 3.8) is 0 Å². The molecule has 1 aromatic heterocycles. The van der Waals surface area contributed by atoms with E-state index >= 15 is 0 Å². The van der Waals surface area contributed by atoms with Crippen LogP contribution in [0.4, 0.5) is 10.6 Å². The average Bonchev–Trinajstić information content (AvgIpc) is 3.04. The topological polar surface area (TPSA) is 79.9 Å². The lowest BCUT2D eigenvalue weighted by atomic mass is 10.2. The van der Waals surface area contributed by atoms with Crippen LogP contribution in [0.25, 0.3) is 5.69 Å². The normalized spacial score (nSPS) is 10.1. The van der Waals surface area contributed by atoms with Gasteiger partial charge in [-0.25, -0.2) is 9.48 Å². The second kappa shape index (κ2) is 7.64. The molecule has 0 atom stereocenters. The zero-order valence-corrected chi connectivity index (χ0v) is 14.6. The number of halogens is 1. The van der Waals surface area contributed by atoms with Crippen LogP contribution in [0.1, 0.15) is 11.1 Å². The van der Waals surface area contributed by atoms with E-state index in [-0.39, 0.29) is 18.0 Å². The van der Waals surface area contributed by atoms with Crippen molar-refractivity contribution in [3.05, 3.63) is 76.4 Å². The minimum Gasteiger partial charge on any atom is -0.444 e. The van der Waals surface area contributed by atoms with Crippen LogP contribution in [0.2, 0.25) is 0 Å². The van der Waals surface area contributed by atoms with E-state index in [1.807, 2.05) is 60.7 Å². The Morgan fingerprint density at radius 3 is 2.60 bits per heavy atom. The minimum absolute atomic E-state index is 0.140. The van der Waals surface area contributed by atoms with Gasteiger partial charge < -0.3 is 4.74 Å². The van der Waals surface area contributed by atoms with E-state index in [0.717, 1.165) is 10.0 Å². The Labute approximate surface area is 152 Å². The molecule has 2 aromatic carbocycles. The molecular weight excluding hydrogens is 384 g/mol. The monoisotopic (exact) mass is 396 g/mol. The summed E-state index contributed by atoms with van der Waals surface area (Å²) in [6.45, 7) is 0.140. The summed E-state index contributed by atoms with van der Waals surface area (Å²) < 4.78 is 7.60. The number of nitrogens with one attached hydrogen (secondary N) is 1. The van der Waals surface area contributed by atoms with E-state index in [9.17, 15) is 10.1 Å². The standard InChI is InChI=1S/C18H13BrN4O2/c19-15-6-8-16(9-7-15)23-17(14(10-20)11-21-23)22-18(24)25-12-13-4-2-1-3-5-13/h1-9,11H,12H2,(H,22,24). The summed E-state index contributed by atoms with van der Waals surface area (Å²) in [5.74, 6) is 0.267. The van der Waals surface area contributed by atoms with Gasteiger partial charge in [0.15, 0.2) is 5.82 Å². The number of hydrogen-bond donors (Lipinski definition) is 1. The molecule has 7 heteroatoms. The van der Waals surface area contributed by atoms with Crippen LogP contribution in [-0.4, -0.2) is 15.9 Å². The number of carbonyl (C=O) groups excluding carboxylic acids is 1. The van der Waals surface area contributed by atoms with Crippen LogP contribution >= 0.6 is 15.9 Å². The second-order valence-electron chi connectivity index (χ2n) is 5.09. The van der Waals surface area contributed by atoms with Crippen molar-refractivity contribution in [1.29, 1.82) is 5.26 Å². The molecule has 0 aliphatic carbocycles. The molecular formula is C18H13BrN4O2.